The number of hydrogen-bond acceptors (Lipinski definition) is 3. The molecule has 0 fully saturated rings. The Morgan fingerprint density at radius 1 is 1.19 bits per heavy atom. The predicted molar refractivity (Wildman–Crippen MR) is 94.5 cm³/mol. The first kappa shape index (κ1) is 16.5. The largest absolute Gasteiger partial charge is 0.496 e. The minimum Gasteiger partial charge on any atom is -0.496 e. The van der Waals surface area contributed by atoms with Crippen molar-refractivity contribution in [3.05, 3.63) is 50.6 Å². The molecule has 0 aliphatic rings. The Bertz CT molecular complexity index is 555. The molecule has 0 spiro atoms. The van der Waals surface area contributed by atoms with Crippen molar-refractivity contribution in [2.75, 3.05) is 20.2 Å². The fourth-order valence-electron chi connectivity index (χ4n) is 2.49. The fourth-order valence-corrected chi connectivity index (χ4v) is 4.09. The third-order valence-electron chi connectivity index (χ3n) is 3.50. The second-order valence-corrected chi connectivity index (χ2v) is 7.65. The molecule has 0 saturated carbocycles. The molecule has 2 rings (SSSR count). The lowest BCUT2D eigenvalue weighted by atomic mass is 9.94. The van der Waals surface area contributed by atoms with Gasteiger partial charge in [0.15, 0.2) is 0 Å². The van der Waals surface area contributed by atoms with Gasteiger partial charge in [-0.05, 0) is 71.5 Å². The number of rotatable bonds is 8. The lowest BCUT2D eigenvalue weighted by Crippen LogP contribution is -2.25. The highest BCUT2D eigenvalue weighted by atomic mass is 79.9. The van der Waals surface area contributed by atoms with Gasteiger partial charge < -0.3 is 10.1 Å². The van der Waals surface area contributed by atoms with E-state index in [1.165, 1.54) is 14.2 Å². The highest BCUT2D eigenvalue weighted by molar-refractivity contribution is 9.11. The van der Waals surface area contributed by atoms with Crippen LogP contribution >= 0.6 is 27.3 Å². The molecular weight excluding hydrogens is 346 g/mol. The Labute approximate surface area is 139 Å². The number of nitrogens with one attached hydrogen (secondary N) is 1. The van der Waals surface area contributed by atoms with Gasteiger partial charge in [0, 0.05) is 4.88 Å². The summed E-state index contributed by atoms with van der Waals surface area (Å²) in [6, 6.07) is 12.7. The van der Waals surface area contributed by atoms with E-state index in [2.05, 4.69) is 52.4 Å². The van der Waals surface area contributed by atoms with E-state index in [9.17, 15) is 0 Å². The molecule has 1 N–H and O–H groups in total. The Morgan fingerprint density at radius 3 is 2.67 bits per heavy atom. The molecule has 0 aliphatic heterocycles. The zero-order valence-electron chi connectivity index (χ0n) is 12.6. The van der Waals surface area contributed by atoms with E-state index < -0.39 is 0 Å². The van der Waals surface area contributed by atoms with Gasteiger partial charge in [0.05, 0.1) is 10.9 Å². The maximum absolute atomic E-state index is 5.48. The van der Waals surface area contributed by atoms with E-state index in [4.69, 9.17) is 4.74 Å². The summed E-state index contributed by atoms with van der Waals surface area (Å²) in [6.07, 6.45) is 2.13. The first-order valence-corrected chi connectivity index (χ1v) is 8.90. The zero-order chi connectivity index (χ0) is 15.1. The van der Waals surface area contributed by atoms with Crippen LogP contribution < -0.4 is 10.1 Å². The Kier molecular flexibility index (Phi) is 6.74. The normalized spacial score (nSPS) is 12.3. The minimum atomic E-state index is 0.576. The van der Waals surface area contributed by atoms with Gasteiger partial charge in [-0.3, -0.25) is 0 Å². The van der Waals surface area contributed by atoms with Gasteiger partial charge in [-0.25, -0.2) is 0 Å². The molecule has 0 radical (unpaired) electrons. The number of hydrogen-bond donors (Lipinski definition) is 1. The van der Waals surface area contributed by atoms with Crippen molar-refractivity contribution < 1.29 is 4.74 Å². The maximum atomic E-state index is 5.48. The van der Waals surface area contributed by atoms with Crippen LogP contribution in [0, 0.1) is 5.92 Å². The predicted octanol–water partition coefficient (Wildman–Crippen LogP) is 4.53. The number of thiophene rings is 1. The first-order valence-electron chi connectivity index (χ1n) is 7.29. The van der Waals surface area contributed by atoms with Crippen LogP contribution in [0.3, 0.4) is 0 Å². The summed E-state index contributed by atoms with van der Waals surface area (Å²) < 4.78 is 6.69. The van der Waals surface area contributed by atoms with Crippen LogP contribution in [-0.2, 0) is 12.8 Å². The van der Waals surface area contributed by atoms with Crippen LogP contribution in [0.15, 0.2) is 40.2 Å². The molecule has 2 aromatic rings. The van der Waals surface area contributed by atoms with Crippen LogP contribution in [0.2, 0.25) is 0 Å². The summed E-state index contributed by atoms with van der Waals surface area (Å²) in [6.45, 7) is 4.20. The summed E-state index contributed by atoms with van der Waals surface area (Å²) in [5.74, 6) is 1.57. The van der Waals surface area contributed by atoms with Gasteiger partial charge in [0.2, 0.25) is 0 Å². The van der Waals surface area contributed by atoms with Gasteiger partial charge in [-0.1, -0.05) is 25.1 Å². The van der Waals surface area contributed by atoms with Crippen molar-refractivity contribution in [1.82, 2.24) is 5.32 Å². The average molecular weight is 368 g/mol. The van der Waals surface area contributed by atoms with Crippen molar-refractivity contribution in [2.24, 2.45) is 5.92 Å². The summed E-state index contributed by atoms with van der Waals surface area (Å²) in [5, 5.41) is 3.49. The SMILES string of the molecule is CCNCC(Cc1ccc(Br)s1)Cc1ccccc1OC. The highest BCUT2D eigenvalue weighted by Crippen LogP contribution is 2.27. The zero-order valence-corrected chi connectivity index (χ0v) is 15.0. The Hall–Kier alpha value is -0.840. The van der Waals surface area contributed by atoms with Crippen LogP contribution in [0.4, 0.5) is 0 Å². The molecule has 4 heteroatoms. The van der Waals surface area contributed by atoms with Crippen molar-refractivity contribution in [3.8, 4) is 5.75 Å². The number of para-hydroxylation sites is 1. The molecule has 0 saturated heterocycles. The molecule has 0 aliphatic carbocycles. The molecular formula is C17H22BrNOS. The quantitative estimate of drug-likeness (QED) is 0.739. The first-order chi connectivity index (χ1) is 10.2. The van der Waals surface area contributed by atoms with Gasteiger partial charge >= 0.3 is 0 Å². The molecule has 0 bridgehead atoms. The molecule has 0 amide bonds. The third-order valence-corrected chi connectivity index (χ3v) is 5.15. The van der Waals surface area contributed by atoms with E-state index in [1.54, 1.807) is 7.11 Å². The molecule has 1 heterocycles. The van der Waals surface area contributed by atoms with Crippen molar-refractivity contribution in [1.29, 1.82) is 0 Å². The molecule has 2 nitrogen and oxygen atoms in total. The second kappa shape index (κ2) is 8.57. The van der Waals surface area contributed by atoms with E-state index >= 15 is 0 Å². The van der Waals surface area contributed by atoms with Crippen molar-refractivity contribution in [3.63, 3.8) is 0 Å². The highest BCUT2D eigenvalue weighted by Gasteiger charge is 2.14. The summed E-state index contributed by atoms with van der Waals surface area (Å²) >= 11 is 5.37. The Morgan fingerprint density at radius 2 is 2.00 bits per heavy atom. The summed E-state index contributed by atoms with van der Waals surface area (Å²) in [5.41, 5.74) is 1.29. The number of methoxy groups -OCH3 is 1. The molecule has 114 valence electrons. The maximum Gasteiger partial charge on any atom is 0.122 e. The molecule has 1 aromatic heterocycles. The monoisotopic (exact) mass is 367 g/mol. The Balaban J connectivity index is 2.08. The van der Waals surface area contributed by atoms with E-state index in [0.29, 0.717) is 5.92 Å². The van der Waals surface area contributed by atoms with Crippen LogP contribution in [-0.4, -0.2) is 20.2 Å². The second-order valence-electron chi connectivity index (χ2n) is 5.10. The van der Waals surface area contributed by atoms with Gasteiger partial charge in [0.1, 0.15) is 5.75 Å². The molecule has 21 heavy (non-hydrogen) atoms. The molecule has 1 aromatic carbocycles. The fraction of sp³-hybridized carbons (Fsp3) is 0.412. The summed E-state index contributed by atoms with van der Waals surface area (Å²) in [7, 11) is 1.74. The van der Waals surface area contributed by atoms with Crippen molar-refractivity contribution in [2.45, 2.75) is 19.8 Å². The number of benzene rings is 1. The van der Waals surface area contributed by atoms with E-state index in [-0.39, 0.29) is 0 Å². The number of ether oxygens (including phenoxy) is 1. The summed E-state index contributed by atoms with van der Waals surface area (Å²) in [4.78, 5) is 1.43. The average Bonchev–Trinajstić information content (AvgIpc) is 2.90. The smallest absolute Gasteiger partial charge is 0.122 e. The lowest BCUT2D eigenvalue weighted by molar-refractivity contribution is 0.401. The van der Waals surface area contributed by atoms with Gasteiger partial charge in [-0.15, -0.1) is 11.3 Å². The third kappa shape index (κ3) is 5.13. The molecule has 1 atom stereocenters. The van der Waals surface area contributed by atoms with E-state index in [1.807, 2.05) is 23.5 Å². The number of halogens is 1. The lowest BCUT2D eigenvalue weighted by Gasteiger charge is -2.18. The van der Waals surface area contributed by atoms with Gasteiger partial charge in [-0.2, -0.15) is 0 Å². The van der Waals surface area contributed by atoms with Crippen molar-refractivity contribution >= 4 is 27.3 Å². The minimum absolute atomic E-state index is 0.576. The van der Waals surface area contributed by atoms with Gasteiger partial charge in [0.25, 0.3) is 0 Å². The van der Waals surface area contributed by atoms with Crippen LogP contribution in [0.5, 0.6) is 5.75 Å². The topological polar surface area (TPSA) is 21.3 Å². The van der Waals surface area contributed by atoms with Crippen LogP contribution in [0.25, 0.3) is 0 Å². The molecule has 1 unspecified atom stereocenters. The standard InChI is InChI=1S/C17H22BrNOS/c1-3-19-12-13(11-15-8-9-17(18)21-15)10-14-6-4-5-7-16(14)20-2/h4-9,13,19H,3,10-12H2,1-2H3. The van der Waals surface area contributed by atoms with Crippen LogP contribution in [0.1, 0.15) is 17.4 Å². The van der Waals surface area contributed by atoms with E-state index in [0.717, 1.165) is 31.7 Å².